The zero-order valence-corrected chi connectivity index (χ0v) is 31.2. The van der Waals surface area contributed by atoms with Crippen LogP contribution in [0, 0.1) is 6.92 Å². The monoisotopic (exact) mass is 693 g/mol. The molecule has 1 unspecified atom stereocenters. The van der Waals surface area contributed by atoms with Crippen LogP contribution in [0.25, 0.3) is 33.3 Å². The zero-order valence-electron chi connectivity index (χ0n) is 31.2. The van der Waals surface area contributed by atoms with Crippen molar-refractivity contribution in [2.24, 2.45) is 0 Å². The molecular weight excluding hydrogens is 642 g/mol. The van der Waals surface area contributed by atoms with Gasteiger partial charge in [-0.2, -0.15) is 0 Å². The fraction of sp³-hybridized carbons (Fsp3) is 0.488. The molecule has 4 aliphatic rings. The Balaban J connectivity index is 1.74. The molecular formula is C41H51N5O5. The van der Waals surface area contributed by atoms with Crippen molar-refractivity contribution in [3.63, 3.8) is 0 Å². The van der Waals surface area contributed by atoms with E-state index >= 15 is 0 Å². The molecule has 0 aliphatic carbocycles. The third-order valence-electron chi connectivity index (χ3n) is 11.0. The number of aliphatic carboxylic acids is 1. The number of carboxylic acid groups (broad SMARTS) is 1. The number of hydrogen-bond donors (Lipinski definition) is 3. The van der Waals surface area contributed by atoms with E-state index in [0.717, 1.165) is 87.5 Å². The number of allylic oxidation sites excluding steroid dienone is 3. The number of ether oxygens (including phenoxy) is 1. The molecule has 3 atom stereocenters. The summed E-state index contributed by atoms with van der Waals surface area (Å²) in [6, 6.07) is 6.09. The van der Waals surface area contributed by atoms with E-state index in [0.29, 0.717) is 48.3 Å². The van der Waals surface area contributed by atoms with Gasteiger partial charge in [0, 0.05) is 53.9 Å². The Kier molecular flexibility index (Phi) is 10.4. The Labute approximate surface area is 300 Å². The number of nitrogens with zero attached hydrogens (tertiary/aromatic N) is 3. The average Bonchev–Trinajstić information content (AvgIpc) is 3.77. The maximum atomic E-state index is 14.5. The zero-order chi connectivity index (χ0) is 36.7. The average molecular weight is 694 g/mol. The highest BCUT2D eigenvalue weighted by atomic mass is 16.5. The van der Waals surface area contributed by atoms with Crippen molar-refractivity contribution in [2.45, 2.75) is 118 Å². The quantitative estimate of drug-likeness (QED) is 0.149. The number of carbonyl (C=O) groups excluding carboxylic acids is 2. The highest BCUT2D eigenvalue weighted by molar-refractivity contribution is 6.23. The number of aromatic amines is 2. The van der Waals surface area contributed by atoms with E-state index in [1.54, 1.807) is 0 Å². The van der Waals surface area contributed by atoms with Crippen LogP contribution in [0.4, 0.5) is 0 Å². The summed E-state index contributed by atoms with van der Waals surface area (Å²) in [4.78, 5) is 59.4. The fourth-order valence-corrected chi connectivity index (χ4v) is 7.97. The number of rotatable bonds is 12. The Bertz CT molecular complexity index is 2050. The highest BCUT2D eigenvalue weighted by Gasteiger charge is 2.40. The predicted molar refractivity (Wildman–Crippen MR) is 201 cm³/mol. The van der Waals surface area contributed by atoms with Crippen LogP contribution in [0.15, 0.2) is 18.2 Å². The predicted octanol–water partition coefficient (Wildman–Crippen LogP) is 8.97. The first kappa shape index (κ1) is 36.2. The standard InChI is InChI=1S/C41H51N5O5/c1-9-12-16-46-40(49)36-24(7)31-19-32-26(11-3)21(4)28(42-32)20-33-35(25(8)51-17-13-10-2)23(6)30(43-33)18-29-22(5)27(14-15-34(47)48)38(44-29)37(41(46)50)39(36)45-31/h18-20,22,25,27,44-45H,9-17H2,1-8H3,(H,47,48)/t22-,25?,27-/m0/s1. The number of hydrogen-bond acceptors (Lipinski definition) is 6. The van der Waals surface area contributed by atoms with Crippen molar-refractivity contribution in [1.29, 1.82) is 0 Å². The number of aryl methyl sites for hydroxylation is 1. The SMILES string of the molecule is CCCCOC(C)C1=C(C)c2cc3[nH]c(c4c5[nH]c(cc6nc(cc1n2)C(C)=C6CC)c(C)c5C(=O)N(CCCC)C4=O)[C@@H](CCC(=O)O)[C@@H]3C. The van der Waals surface area contributed by atoms with Crippen molar-refractivity contribution in [3.05, 3.63) is 69.1 Å². The molecule has 0 spiro atoms. The van der Waals surface area contributed by atoms with Crippen molar-refractivity contribution in [1.82, 2.24) is 24.8 Å². The van der Waals surface area contributed by atoms with Crippen LogP contribution in [0.3, 0.4) is 0 Å². The van der Waals surface area contributed by atoms with Crippen LogP contribution >= 0.6 is 0 Å². The van der Waals surface area contributed by atoms with Crippen LogP contribution in [-0.4, -0.2) is 67.0 Å². The lowest BCUT2D eigenvalue weighted by Crippen LogP contribution is -2.41. The minimum absolute atomic E-state index is 0.0590. The topological polar surface area (TPSA) is 141 Å². The van der Waals surface area contributed by atoms with Crippen molar-refractivity contribution >= 4 is 51.1 Å². The van der Waals surface area contributed by atoms with E-state index in [1.807, 2.05) is 26.0 Å². The summed E-state index contributed by atoms with van der Waals surface area (Å²) in [7, 11) is 0. The van der Waals surface area contributed by atoms with E-state index in [-0.39, 0.29) is 36.2 Å². The van der Waals surface area contributed by atoms with Gasteiger partial charge < -0.3 is 19.8 Å². The first-order valence-corrected chi connectivity index (χ1v) is 18.6. The van der Waals surface area contributed by atoms with Crippen molar-refractivity contribution < 1.29 is 24.2 Å². The molecule has 0 fully saturated rings. The smallest absolute Gasteiger partial charge is 0.303 e. The molecule has 0 saturated carbocycles. The van der Waals surface area contributed by atoms with Gasteiger partial charge in [0.05, 0.1) is 45.5 Å². The molecule has 2 aromatic heterocycles. The number of fused-ring (bicyclic) bond motifs is 8. The third kappa shape index (κ3) is 6.43. The van der Waals surface area contributed by atoms with E-state index in [1.165, 1.54) is 4.90 Å². The number of amides is 2. The lowest BCUT2D eigenvalue weighted by Gasteiger charge is -2.27. The molecule has 51 heavy (non-hydrogen) atoms. The summed E-state index contributed by atoms with van der Waals surface area (Å²) in [5, 5.41) is 9.76. The number of unbranched alkanes of at least 4 members (excludes halogenated alkanes) is 2. The van der Waals surface area contributed by atoms with Gasteiger partial charge in [-0.3, -0.25) is 19.3 Å². The number of H-pyrrole nitrogens is 2. The molecule has 4 aliphatic heterocycles. The number of nitrogens with one attached hydrogen (secondary N) is 2. The van der Waals surface area contributed by atoms with Gasteiger partial charge >= 0.3 is 5.97 Å². The number of carboxylic acids is 1. The Morgan fingerprint density at radius 1 is 0.922 bits per heavy atom. The fourth-order valence-electron chi connectivity index (χ4n) is 7.97. The third-order valence-corrected chi connectivity index (χ3v) is 11.0. The Hall–Kier alpha value is -4.57. The lowest BCUT2D eigenvalue weighted by atomic mass is 9.84. The second kappa shape index (κ2) is 14.6. The Morgan fingerprint density at radius 2 is 1.61 bits per heavy atom. The lowest BCUT2D eigenvalue weighted by molar-refractivity contribution is -0.137. The van der Waals surface area contributed by atoms with E-state index < -0.39 is 5.97 Å². The van der Waals surface area contributed by atoms with E-state index in [4.69, 9.17) is 14.7 Å². The molecule has 10 heteroatoms. The molecule has 0 aromatic carbocycles. The molecule has 8 bridgehead atoms. The summed E-state index contributed by atoms with van der Waals surface area (Å²) < 4.78 is 6.34. The van der Waals surface area contributed by atoms with Crippen molar-refractivity contribution in [3.8, 4) is 0 Å². The van der Waals surface area contributed by atoms with Gasteiger partial charge in [0.15, 0.2) is 0 Å². The molecule has 0 radical (unpaired) electrons. The van der Waals surface area contributed by atoms with Gasteiger partial charge in [0.1, 0.15) is 0 Å². The van der Waals surface area contributed by atoms with Crippen LogP contribution < -0.4 is 0 Å². The minimum atomic E-state index is -0.899. The first-order valence-electron chi connectivity index (χ1n) is 18.6. The van der Waals surface area contributed by atoms with E-state index in [9.17, 15) is 19.5 Å². The second-order valence-corrected chi connectivity index (χ2v) is 14.3. The molecule has 0 saturated heterocycles. The van der Waals surface area contributed by atoms with Crippen molar-refractivity contribution in [2.75, 3.05) is 13.2 Å². The maximum absolute atomic E-state index is 14.5. The van der Waals surface area contributed by atoms with E-state index in [2.05, 4.69) is 57.6 Å². The van der Waals surface area contributed by atoms with Crippen LogP contribution in [-0.2, 0) is 9.53 Å². The number of carbonyl (C=O) groups is 3. The molecule has 6 rings (SSSR count). The normalized spacial score (nSPS) is 18.5. The summed E-state index contributed by atoms with van der Waals surface area (Å²) in [6.45, 7) is 17.5. The summed E-state index contributed by atoms with van der Waals surface area (Å²) in [6.07, 6.45) is 4.33. The molecule has 2 aromatic rings. The molecule has 6 heterocycles. The summed E-state index contributed by atoms with van der Waals surface area (Å²) in [5.74, 6) is -2.04. The summed E-state index contributed by atoms with van der Waals surface area (Å²) >= 11 is 0. The molecule has 3 N–H and O–H groups in total. The molecule has 10 nitrogen and oxygen atoms in total. The largest absolute Gasteiger partial charge is 0.481 e. The van der Waals surface area contributed by atoms with Gasteiger partial charge in [-0.05, 0) is 93.9 Å². The number of imide groups is 1. The minimum Gasteiger partial charge on any atom is -0.481 e. The molecule has 2 amide bonds. The van der Waals surface area contributed by atoms with Crippen LogP contribution in [0.5, 0.6) is 0 Å². The number of aromatic nitrogens is 4. The summed E-state index contributed by atoms with van der Waals surface area (Å²) in [5.41, 5.74) is 11.7. The van der Waals surface area contributed by atoms with Crippen LogP contribution in [0.1, 0.15) is 166 Å². The maximum Gasteiger partial charge on any atom is 0.303 e. The van der Waals surface area contributed by atoms with Crippen LogP contribution in [0.2, 0.25) is 0 Å². The van der Waals surface area contributed by atoms with Gasteiger partial charge in [-0.25, -0.2) is 9.97 Å². The highest BCUT2D eigenvalue weighted by Crippen LogP contribution is 2.45. The Morgan fingerprint density at radius 3 is 2.29 bits per heavy atom. The second-order valence-electron chi connectivity index (χ2n) is 14.3. The molecule has 270 valence electrons. The van der Waals surface area contributed by atoms with Gasteiger partial charge in [-0.1, -0.05) is 40.5 Å². The first-order chi connectivity index (χ1) is 24.4. The van der Waals surface area contributed by atoms with Gasteiger partial charge in [-0.15, -0.1) is 0 Å². The van der Waals surface area contributed by atoms with Gasteiger partial charge in [0.2, 0.25) is 0 Å². The van der Waals surface area contributed by atoms with Gasteiger partial charge in [0.25, 0.3) is 11.8 Å².